The van der Waals surface area contributed by atoms with Gasteiger partial charge < -0.3 is 30.3 Å². The van der Waals surface area contributed by atoms with Crippen LogP contribution < -0.4 is 20.1 Å². The van der Waals surface area contributed by atoms with Gasteiger partial charge in [0.05, 0.1) is 33.4 Å². The molecular weight excluding hydrogens is 777 g/mol. The van der Waals surface area contributed by atoms with Crippen molar-refractivity contribution in [3.8, 4) is 23.0 Å². The number of rotatable bonds is 11. The molecule has 4 N–H and O–H groups in total. The third-order valence-electron chi connectivity index (χ3n) is 15.6. The largest absolute Gasteiger partial charge is 0.504 e. The number of phenolic OH excluding ortho intramolecular Hbond substituents is 2. The van der Waals surface area contributed by atoms with Crippen molar-refractivity contribution in [1.29, 1.82) is 0 Å². The number of phenols is 2. The maximum atomic E-state index is 14.2. The summed E-state index contributed by atoms with van der Waals surface area (Å²) in [6, 6.07) is 7.04. The Hall–Kier alpha value is -3.98. The first kappa shape index (κ1) is 35.9. The molecule has 14 heteroatoms. The number of likely N-dealkylation sites (tertiary alicyclic amines) is 2. The first-order valence-corrected chi connectivity index (χ1v) is 23.4. The van der Waals surface area contributed by atoms with E-state index in [1.165, 1.54) is 47.3 Å². The predicted molar refractivity (Wildman–Crippen MR) is 216 cm³/mol. The Bertz CT molecular complexity index is 2140. The molecular formula is C44H46N4O8S2. The average molecular weight is 823 g/mol. The van der Waals surface area contributed by atoms with E-state index in [9.17, 15) is 29.4 Å². The minimum atomic E-state index is -0.914. The topological polar surface area (TPSA) is 158 Å². The maximum absolute atomic E-state index is 14.2. The van der Waals surface area contributed by atoms with Crippen LogP contribution in [-0.4, -0.2) is 116 Å². The SMILES string of the molecule is O=C(CSSCC(=O)N[C@@]12C=CC(=O)[C@@H]3Oc4c(O)ccc5c4[C@@]31CCN(CC1CC1)C2C5)N[C@@]12C=CC(=O)[C@@H]3Oc4c(O)ccc5c4[C@@]31CCN(CC1CC1)C2C5. The van der Waals surface area contributed by atoms with E-state index >= 15 is 0 Å². The zero-order chi connectivity index (χ0) is 39.3. The van der Waals surface area contributed by atoms with E-state index in [0.29, 0.717) is 49.0 Å². The van der Waals surface area contributed by atoms with Gasteiger partial charge in [-0.1, -0.05) is 45.9 Å². The van der Waals surface area contributed by atoms with Crippen molar-refractivity contribution in [2.75, 3.05) is 37.7 Å². The second kappa shape index (κ2) is 12.3. The maximum Gasteiger partial charge on any atom is 0.231 e. The van der Waals surface area contributed by atoms with Gasteiger partial charge in [0.2, 0.25) is 11.8 Å². The van der Waals surface area contributed by atoms with Crippen LogP contribution in [0, 0.1) is 11.8 Å². The fourth-order valence-electron chi connectivity index (χ4n) is 13.0. The van der Waals surface area contributed by atoms with Crippen molar-refractivity contribution >= 4 is 45.0 Å². The summed E-state index contributed by atoms with van der Waals surface area (Å²) >= 11 is 0. The molecule has 58 heavy (non-hydrogen) atoms. The van der Waals surface area contributed by atoms with E-state index in [1.807, 2.05) is 24.3 Å². The smallest absolute Gasteiger partial charge is 0.231 e. The van der Waals surface area contributed by atoms with Gasteiger partial charge in [-0.15, -0.1) is 0 Å². The highest BCUT2D eigenvalue weighted by atomic mass is 33.1. The molecule has 0 radical (unpaired) electrons. The molecule has 4 heterocycles. The molecule has 2 saturated carbocycles. The van der Waals surface area contributed by atoms with Gasteiger partial charge in [0.1, 0.15) is 0 Å². The summed E-state index contributed by atoms with van der Waals surface area (Å²) < 4.78 is 12.7. The van der Waals surface area contributed by atoms with Crippen LogP contribution in [0.1, 0.15) is 60.8 Å². The van der Waals surface area contributed by atoms with Crippen LogP contribution in [0.4, 0.5) is 0 Å². The minimum absolute atomic E-state index is 0.0142. The van der Waals surface area contributed by atoms with E-state index in [0.717, 1.165) is 48.4 Å². The lowest BCUT2D eigenvalue weighted by molar-refractivity contribution is -0.135. The van der Waals surface area contributed by atoms with Crippen LogP contribution >= 0.6 is 21.6 Å². The molecule has 2 spiro atoms. The number of amides is 2. The predicted octanol–water partition coefficient (Wildman–Crippen LogP) is 3.25. The molecule has 12 nitrogen and oxygen atoms in total. The number of nitrogens with zero attached hydrogens (tertiary/aromatic N) is 2. The normalized spacial score (nSPS) is 36.8. The Kier molecular flexibility index (Phi) is 7.62. The number of carbonyl (C=O) groups excluding carboxylic acids is 4. The first-order chi connectivity index (χ1) is 28.1. The molecule has 10 aliphatic rings. The van der Waals surface area contributed by atoms with Gasteiger partial charge in [-0.2, -0.15) is 0 Å². The summed E-state index contributed by atoms with van der Waals surface area (Å²) in [7, 11) is 2.64. The van der Waals surface area contributed by atoms with Gasteiger partial charge in [-0.25, -0.2) is 0 Å². The monoisotopic (exact) mass is 822 g/mol. The van der Waals surface area contributed by atoms with Gasteiger partial charge in [-0.05, 0) is 112 Å². The highest BCUT2D eigenvalue weighted by molar-refractivity contribution is 8.77. The molecule has 2 aromatic rings. The summed E-state index contributed by atoms with van der Waals surface area (Å²) in [5.41, 5.74) is 0.332. The first-order valence-electron chi connectivity index (χ1n) is 20.9. The van der Waals surface area contributed by atoms with Gasteiger partial charge in [0, 0.05) is 36.3 Å². The molecule has 4 bridgehead atoms. The highest BCUT2D eigenvalue weighted by Crippen LogP contribution is 2.65. The lowest BCUT2D eigenvalue weighted by Gasteiger charge is -2.63. The Morgan fingerprint density at radius 3 is 1.53 bits per heavy atom. The quantitative estimate of drug-likeness (QED) is 0.194. The summed E-state index contributed by atoms with van der Waals surface area (Å²) in [4.78, 5) is 60.5. The number of carbonyl (C=O) groups is 4. The Labute approximate surface area is 343 Å². The van der Waals surface area contributed by atoms with Crippen LogP contribution in [0.2, 0.25) is 0 Å². The number of aromatic hydroxyl groups is 2. The summed E-state index contributed by atoms with van der Waals surface area (Å²) in [6.45, 7) is 3.44. The third-order valence-corrected chi connectivity index (χ3v) is 17.7. The number of nitrogens with one attached hydrogen (secondary N) is 2. The van der Waals surface area contributed by atoms with Gasteiger partial charge in [-0.3, -0.25) is 29.0 Å². The van der Waals surface area contributed by atoms with Gasteiger partial charge in [0.25, 0.3) is 0 Å². The third kappa shape index (κ3) is 4.63. The fourth-order valence-corrected chi connectivity index (χ4v) is 14.7. The lowest BCUT2D eigenvalue weighted by atomic mass is 9.49. The summed E-state index contributed by atoms with van der Waals surface area (Å²) in [5, 5.41) is 28.8. The standard InChI is InChI=1S/C44H46N4O8S2/c49-27-7-5-25-17-31-43(11-9-29(51)39-41(43,35(25)37(27)55-39)13-15-47(31)19-23-1-2-23)45-33(53)21-57-58-22-34(54)46-44-12-10-30(52)40-42(44)14-16-48(20-24-3-4-24)32(44)18-26-6-8-28(50)38(56-40)36(26)42/h5-12,23-24,31-32,39-40,49-50H,1-4,13-22H2,(H,45,53)(H,46,54)/t31?,32?,39-,40-,41-,42-,43+,44+/m0/s1. The van der Waals surface area contributed by atoms with Gasteiger partial charge in [0.15, 0.2) is 46.8 Å². The van der Waals surface area contributed by atoms with Crippen LogP contribution in [0.3, 0.4) is 0 Å². The second-order valence-corrected chi connectivity index (χ2v) is 20.9. The Balaban J connectivity index is 0.793. The van der Waals surface area contributed by atoms with Crippen molar-refractivity contribution in [2.45, 2.75) is 97.6 Å². The van der Waals surface area contributed by atoms with Crippen molar-refractivity contribution in [3.63, 3.8) is 0 Å². The highest BCUT2D eigenvalue weighted by Gasteiger charge is 2.74. The van der Waals surface area contributed by atoms with Crippen molar-refractivity contribution in [2.24, 2.45) is 11.8 Å². The number of piperidine rings is 2. The van der Waals surface area contributed by atoms with Crippen LogP contribution in [0.15, 0.2) is 48.6 Å². The number of hydrogen-bond donors (Lipinski definition) is 4. The number of hydrogen-bond acceptors (Lipinski definition) is 12. The van der Waals surface area contributed by atoms with Crippen molar-refractivity contribution < 1.29 is 38.9 Å². The number of ether oxygens (including phenoxy) is 2. The summed E-state index contributed by atoms with van der Waals surface area (Å²) in [5.74, 6) is 1.52. The molecule has 6 aliphatic carbocycles. The van der Waals surface area contributed by atoms with Crippen molar-refractivity contribution in [1.82, 2.24) is 20.4 Å². The second-order valence-electron chi connectivity index (χ2n) is 18.5. The number of ketones is 2. The Morgan fingerprint density at radius 1 is 0.690 bits per heavy atom. The van der Waals surface area contributed by atoms with E-state index in [-0.39, 0.29) is 58.5 Å². The zero-order valence-corrected chi connectivity index (χ0v) is 33.7. The Morgan fingerprint density at radius 2 is 1.12 bits per heavy atom. The molecule has 2 unspecified atom stereocenters. The summed E-state index contributed by atoms with van der Waals surface area (Å²) in [6.07, 6.45) is 12.6. The molecule has 4 fully saturated rings. The molecule has 12 rings (SSSR count). The number of benzene rings is 2. The van der Waals surface area contributed by atoms with E-state index in [1.54, 1.807) is 24.3 Å². The lowest BCUT2D eigenvalue weighted by Crippen LogP contribution is -2.80. The van der Waals surface area contributed by atoms with E-state index in [2.05, 4.69) is 20.4 Å². The molecule has 0 aromatic heterocycles. The molecule has 2 saturated heterocycles. The van der Waals surface area contributed by atoms with E-state index < -0.39 is 34.1 Å². The zero-order valence-electron chi connectivity index (χ0n) is 32.0. The molecule has 4 aliphatic heterocycles. The van der Waals surface area contributed by atoms with Crippen LogP contribution in [0.25, 0.3) is 0 Å². The minimum Gasteiger partial charge on any atom is -0.504 e. The fraction of sp³-hybridized carbons (Fsp3) is 0.545. The van der Waals surface area contributed by atoms with Crippen molar-refractivity contribution in [3.05, 3.63) is 70.8 Å². The molecule has 302 valence electrons. The molecule has 8 atom stereocenters. The van der Waals surface area contributed by atoms with E-state index in [4.69, 9.17) is 9.47 Å². The molecule has 2 aromatic carbocycles. The van der Waals surface area contributed by atoms with Gasteiger partial charge >= 0.3 is 0 Å². The average Bonchev–Trinajstić information content (AvgIpc) is 4.13. The van der Waals surface area contributed by atoms with Crippen LogP contribution in [-0.2, 0) is 42.8 Å². The van der Waals surface area contributed by atoms with Crippen LogP contribution in [0.5, 0.6) is 23.0 Å². The molecule has 2 amide bonds.